The average molecular weight is 548 g/mol. The van der Waals surface area contributed by atoms with Crippen LogP contribution in [0.5, 0.6) is 17.2 Å². The largest absolute Gasteiger partial charge is 0.573 e. The molecule has 0 radical (unpaired) electrons. The SMILES string of the molecule is CN=S(=O)(/C=N\[C@@H]1COC[C@@H](N2c3ccccc3Oc3ccccc32)[C@@H]1O)c1ccc(OC(F)(F)F)cc1. The molecule has 8 nitrogen and oxygen atoms in total. The summed E-state index contributed by atoms with van der Waals surface area (Å²) in [6.45, 7) is 0.295. The Morgan fingerprint density at radius 3 is 2.18 bits per heavy atom. The first kappa shape index (κ1) is 26.0. The van der Waals surface area contributed by atoms with Crippen molar-refractivity contribution in [1.29, 1.82) is 0 Å². The molecule has 1 N–H and O–H groups in total. The Morgan fingerprint density at radius 1 is 1.00 bits per heavy atom. The number of aliphatic imine (C=N–C) groups is 1. The van der Waals surface area contributed by atoms with Crippen molar-refractivity contribution in [3.8, 4) is 17.2 Å². The molecule has 3 aromatic carbocycles. The zero-order valence-corrected chi connectivity index (χ0v) is 20.9. The zero-order valence-electron chi connectivity index (χ0n) is 20.1. The average Bonchev–Trinajstić information content (AvgIpc) is 2.91. The Hall–Kier alpha value is -3.61. The Labute approximate surface area is 217 Å². The van der Waals surface area contributed by atoms with E-state index in [-0.39, 0.29) is 18.1 Å². The first-order chi connectivity index (χ1) is 18.2. The summed E-state index contributed by atoms with van der Waals surface area (Å²) in [6, 6.07) is 18.2. The Bertz CT molecular complexity index is 1410. The highest BCUT2D eigenvalue weighted by Crippen LogP contribution is 2.48. The van der Waals surface area contributed by atoms with Crippen LogP contribution in [0.3, 0.4) is 0 Å². The van der Waals surface area contributed by atoms with E-state index in [2.05, 4.69) is 14.1 Å². The molecule has 38 heavy (non-hydrogen) atoms. The lowest BCUT2D eigenvalue weighted by molar-refractivity contribution is -0.274. The van der Waals surface area contributed by atoms with Crippen LogP contribution in [0, 0.1) is 0 Å². The lowest BCUT2D eigenvalue weighted by Crippen LogP contribution is -2.54. The highest BCUT2D eigenvalue weighted by atomic mass is 32.2. The second kappa shape index (κ2) is 10.3. The summed E-state index contributed by atoms with van der Waals surface area (Å²) < 4.78 is 70.6. The van der Waals surface area contributed by atoms with Crippen molar-refractivity contribution in [2.24, 2.45) is 9.36 Å². The number of rotatable bonds is 5. The molecule has 1 saturated heterocycles. The quantitative estimate of drug-likeness (QED) is 0.351. The van der Waals surface area contributed by atoms with Gasteiger partial charge >= 0.3 is 6.36 Å². The second-order valence-electron chi connectivity index (χ2n) is 8.60. The van der Waals surface area contributed by atoms with Gasteiger partial charge in [-0.25, -0.2) is 8.57 Å². The van der Waals surface area contributed by atoms with Gasteiger partial charge in [0.25, 0.3) is 0 Å². The minimum absolute atomic E-state index is 0.0827. The summed E-state index contributed by atoms with van der Waals surface area (Å²) in [5.41, 5.74) is 2.65. The molecule has 1 fully saturated rings. The predicted octanol–water partition coefficient (Wildman–Crippen LogP) is 5.14. The van der Waals surface area contributed by atoms with Gasteiger partial charge in [0.05, 0.1) is 41.1 Å². The molecule has 1 unspecified atom stereocenters. The highest BCUT2D eigenvalue weighted by Gasteiger charge is 2.40. The lowest BCUT2D eigenvalue weighted by atomic mass is 9.98. The van der Waals surface area contributed by atoms with Crippen molar-refractivity contribution < 1.29 is 36.7 Å². The van der Waals surface area contributed by atoms with Gasteiger partial charge in [-0.05, 0) is 48.5 Å². The summed E-state index contributed by atoms with van der Waals surface area (Å²) in [7, 11) is -1.91. The van der Waals surface area contributed by atoms with E-state index in [1.807, 2.05) is 53.4 Å². The van der Waals surface area contributed by atoms with Gasteiger partial charge in [0.1, 0.15) is 27.6 Å². The lowest BCUT2D eigenvalue weighted by Gasteiger charge is -2.43. The molecule has 0 bridgehead atoms. The normalized spacial score (nSPS) is 22.7. The van der Waals surface area contributed by atoms with Crippen molar-refractivity contribution in [2.75, 3.05) is 25.2 Å². The standard InChI is InChI=1S/C26H24F3N3O5S/c1-30-38(34,18-12-10-17(11-13-18)37-26(27,28)29)16-31-19-14-35-15-22(25(19)33)32-20-6-2-4-8-23(20)36-24-9-5-3-7-21(24)32/h2-13,16,19,22,25,33H,14-15H2,1H3/b31-16-/t19-,22-,25-,38?/m1/s1. The first-order valence-electron chi connectivity index (χ1n) is 11.6. The van der Waals surface area contributed by atoms with Crippen LogP contribution in [0.4, 0.5) is 24.5 Å². The van der Waals surface area contributed by atoms with Gasteiger partial charge in [0.2, 0.25) is 0 Å². The van der Waals surface area contributed by atoms with Crippen LogP contribution in [0.2, 0.25) is 0 Å². The van der Waals surface area contributed by atoms with Crippen LogP contribution in [0.25, 0.3) is 0 Å². The molecule has 5 rings (SSSR count). The number of anilines is 2. The van der Waals surface area contributed by atoms with Gasteiger partial charge in [-0.15, -0.1) is 13.2 Å². The number of hydrogen-bond donors (Lipinski definition) is 1. The molecule has 2 aliphatic heterocycles. The van der Waals surface area contributed by atoms with Crippen LogP contribution in [0.15, 0.2) is 87.0 Å². The van der Waals surface area contributed by atoms with Gasteiger partial charge in [0, 0.05) is 7.05 Å². The van der Waals surface area contributed by atoms with Gasteiger partial charge in [-0.1, -0.05) is 24.3 Å². The fourth-order valence-electron chi connectivity index (χ4n) is 4.42. The number of nitrogens with zero attached hydrogens (tertiary/aromatic N) is 3. The summed E-state index contributed by atoms with van der Waals surface area (Å²) in [5, 5.41) is 11.4. The van der Waals surface area contributed by atoms with Crippen molar-refractivity contribution in [2.45, 2.75) is 29.4 Å². The maximum absolute atomic E-state index is 13.5. The van der Waals surface area contributed by atoms with Gasteiger partial charge in [-0.3, -0.25) is 4.99 Å². The van der Waals surface area contributed by atoms with Crippen molar-refractivity contribution in [1.82, 2.24) is 0 Å². The molecule has 0 amide bonds. The van der Waals surface area contributed by atoms with Gasteiger partial charge in [-0.2, -0.15) is 0 Å². The Morgan fingerprint density at radius 2 is 1.61 bits per heavy atom. The van der Waals surface area contributed by atoms with E-state index in [9.17, 15) is 22.5 Å². The van der Waals surface area contributed by atoms with Crippen LogP contribution in [0.1, 0.15) is 0 Å². The van der Waals surface area contributed by atoms with Gasteiger partial charge < -0.3 is 24.2 Å². The number of fused-ring (bicyclic) bond motifs is 2. The van der Waals surface area contributed by atoms with Crippen LogP contribution < -0.4 is 14.4 Å². The number of aliphatic hydroxyl groups is 1. The maximum atomic E-state index is 13.5. The third-order valence-electron chi connectivity index (χ3n) is 6.23. The van der Waals surface area contributed by atoms with Crippen molar-refractivity contribution in [3.05, 3.63) is 72.8 Å². The molecule has 0 spiro atoms. The maximum Gasteiger partial charge on any atom is 0.573 e. The number of ether oxygens (including phenoxy) is 3. The molecule has 12 heteroatoms. The molecular weight excluding hydrogens is 523 g/mol. The minimum atomic E-state index is -4.84. The number of alkyl halides is 3. The van der Waals surface area contributed by atoms with E-state index >= 15 is 0 Å². The van der Waals surface area contributed by atoms with E-state index in [1.54, 1.807) is 0 Å². The number of halogens is 3. The fourth-order valence-corrected chi connectivity index (χ4v) is 5.70. The molecular formula is C26H24F3N3O5S. The monoisotopic (exact) mass is 547 g/mol. The van der Waals surface area contributed by atoms with E-state index in [0.717, 1.165) is 29.1 Å². The molecule has 0 aliphatic carbocycles. The van der Waals surface area contributed by atoms with E-state index in [1.165, 1.54) is 19.2 Å². The third-order valence-corrected chi connectivity index (χ3v) is 8.13. The summed E-state index contributed by atoms with van der Waals surface area (Å²) in [6.07, 6.45) is -5.85. The van der Waals surface area contributed by atoms with E-state index in [0.29, 0.717) is 11.5 Å². The zero-order chi connectivity index (χ0) is 26.9. The smallest absolute Gasteiger partial charge is 0.453 e. The molecule has 200 valence electrons. The molecule has 0 saturated carbocycles. The number of aliphatic hydroxyl groups excluding tert-OH is 1. The topological polar surface area (TPSA) is 93.0 Å². The Kier molecular flexibility index (Phi) is 7.03. The number of benzene rings is 3. The van der Waals surface area contributed by atoms with Crippen LogP contribution in [-0.4, -0.2) is 59.7 Å². The van der Waals surface area contributed by atoms with Crippen molar-refractivity contribution in [3.63, 3.8) is 0 Å². The first-order valence-corrected chi connectivity index (χ1v) is 13.2. The number of hydrogen-bond acceptors (Lipinski definition) is 8. The number of para-hydroxylation sites is 4. The highest BCUT2D eigenvalue weighted by molar-refractivity contribution is 8.06. The molecule has 0 aromatic heterocycles. The summed E-state index contributed by atoms with van der Waals surface area (Å²) in [5.74, 6) is 0.825. The van der Waals surface area contributed by atoms with E-state index < -0.39 is 40.0 Å². The van der Waals surface area contributed by atoms with Crippen molar-refractivity contribution >= 4 is 26.7 Å². The molecule has 2 aliphatic rings. The van der Waals surface area contributed by atoms with Crippen LogP contribution >= 0.6 is 0 Å². The third kappa shape index (κ3) is 5.19. The summed E-state index contributed by atoms with van der Waals surface area (Å²) in [4.78, 5) is 6.49. The van der Waals surface area contributed by atoms with E-state index in [4.69, 9.17) is 9.47 Å². The predicted molar refractivity (Wildman–Crippen MR) is 136 cm³/mol. The molecule has 3 aromatic rings. The van der Waals surface area contributed by atoms with Crippen LogP contribution in [-0.2, 0) is 14.5 Å². The molecule has 2 heterocycles. The Balaban J connectivity index is 1.41. The minimum Gasteiger partial charge on any atom is -0.453 e. The second-order valence-corrected chi connectivity index (χ2v) is 10.8. The summed E-state index contributed by atoms with van der Waals surface area (Å²) >= 11 is 0. The fraction of sp³-hybridized carbons (Fsp3) is 0.269. The van der Waals surface area contributed by atoms with Gasteiger partial charge in [0.15, 0.2) is 11.5 Å². The molecule has 4 atom stereocenters.